The lowest BCUT2D eigenvalue weighted by Gasteiger charge is -2.23. The maximum Gasteiger partial charge on any atom is 0.239 e. The van der Waals surface area contributed by atoms with Gasteiger partial charge >= 0.3 is 0 Å². The number of carbonyl (C=O) groups excluding carboxylic acids is 1. The quantitative estimate of drug-likeness (QED) is 0.760. The second kappa shape index (κ2) is 4.52. The first-order chi connectivity index (χ1) is 7.20. The fourth-order valence-corrected chi connectivity index (χ4v) is 2.36. The predicted molar refractivity (Wildman–Crippen MR) is 60.5 cm³/mol. The summed E-state index contributed by atoms with van der Waals surface area (Å²) in [6.45, 7) is 4.22. The highest BCUT2D eigenvalue weighted by atomic mass is 16.2. The lowest BCUT2D eigenvalue weighted by Crippen LogP contribution is -2.44. The molecule has 3 heteroatoms. The van der Waals surface area contributed by atoms with Crippen molar-refractivity contribution in [3.05, 3.63) is 0 Å². The Hall–Kier alpha value is -0.570. The zero-order chi connectivity index (χ0) is 10.8. The molecule has 1 amide bonds. The summed E-state index contributed by atoms with van der Waals surface area (Å²) in [4.78, 5) is 14.2. The summed E-state index contributed by atoms with van der Waals surface area (Å²) in [6, 6.07) is 0.0567. The number of hydrogen-bond donors (Lipinski definition) is 1. The molecule has 1 aliphatic heterocycles. The third-order valence-corrected chi connectivity index (χ3v) is 3.66. The molecular weight excluding hydrogens is 188 g/mol. The van der Waals surface area contributed by atoms with Crippen LogP contribution in [-0.2, 0) is 4.79 Å². The number of nitrogens with zero attached hydrogens (tertiary/aromatic N) is 1. The number of nitrogens with one attached hydrogen (secondary N) is 1. The second-order valence-corrected chi connectivity index (χ2v) is 5.20. The van der Waals surface area contributed by atoms with E-state index >= 15 is 0 Å². The van der Waals surface area contributed by atoms with E-state index in [1.165, 1.54) is 12.8 Å². The fraction of sp³-hybridized carbons (Fsp3) is 0.917. The van der Waals surface area contributed by atoms with Gasteiger partial charge in [0.25, 0.3) is 0 Å². The topological polar surface area (TPSA) is 32.3 Å². The molecule has 2 unspecified atom stereocenters. The van der Waals surface area contributed by atoms with Crippen molar-refractivity contribution >= 4 is 5.91 Å². The number of rotatable bonds is 3. The number of carbonyl (C=O) groups is 1. The normalized spacial score (nSPS) is 32.9. The molecule has 0 bridgehead atoms. The Morgan fingerprint density at radius 2 is 2.13 bits per heavy atom. The van der Waals surface area contributed by atoms with E-state index in [1.54, 1.807) is 0 Å². The average molecular weight is 210 g/mol. The Labute approximate surface area is 92.2 Å². The van der Waals surface area contributed by atoms with E-state index in [0.29, 0.717) is 11.8 Å². The van der Waals surface area contributed by atoms with Crippen molar-refractivity contribution in [2.45, 2.75) is 38.6 Å². The smallest absolute Gasteiger partial charge is 0.239 e. The van der Waals surface area contributed by atoms with Crippen LogP contribution in [0, 0.1) is 11.8 Å². The molecule has 3 nitrogen and oxygen atoms in total. The van der Waals surface area contributed by atoms with Gasteiger partial charge < -0.3 is 10.2 Å². The highest BCUT2D eigenvalue weighted by Crippen LogP contribution is 2.31. The molecule has 86 valence electrons. The SMILES string of the molecule is CNC1CC(C)CCN(CC2CC2)C1=O. The van der Waals surface area contributed by atoms with Gasteiger partial charge in [0.05, 0.1) is 6.04 Å². The largest absolute Gasteiger partial charge is 0.341 e. The van der Waals surface area contributed by atoms with Crippen LogP contribution in [0.25, 0.3) is 0 Å². The number of amides is 1. The summed E-state index contributed by atoms with van der Waals surface area (Å²) < 4.78 is 0. The zero-order valence-corrected chi connectivity index (χ0v) is 9.83. The van der Waals surface area contributed by atoms with Crippen LogP contribution in [0.4, 0.5) is 0 Å². The van der Waals surface area contributed by atoms with Crippen molar-refractivity contribution in [3.8, 4) is 0 Å². The monoisotopic (exact) mass is 210 g/mol. The molecule has 2 rings (SSSR count). The van der Waals surface area contributed by atoms with Gasteiger partial charge in [-0.1, -0.05) is 6.92 Å². The van der Waals surface area contributed by atoms with Crippen LogP contribution in [0.3, 0.4) is 0 Å². The van der Waals surface area contributed by atoms with Gasteiger partial charge in [-0.05, 0) is 44.6 Å². The number of hydrogen-bond acceptors (Lipinski definition) is 2. The highest BCUT2D eigenvalue weighted by Gasteiger charge is 2.32. The molecule has 0 aromatic rings. The first kappa shape index (κ1) is 10.9. The van der Waals surface area contributed by atoms with Crippen LogP contribution in [0.15, 0.2) is 0 Å². The minimum absolute atomic E-state index is 0.0567. The molecule has 1 saturated carbocycles. The average Bonchev–Trinajstić information content (AvgIpc) is 3.03. The fourth-order valence-electron chi connectivity index (χ4n) is 2.36. The molecule has 0 aromatic carbocycles. The Bertz CT molecular complexity index is 238. The lowest BCUT2D eigenvalue weighted by atomic mass is 10.0. The van der Waals surface area contributed by atoms with Crippen LogP contribution < -0.4 is 5.32 Å². The first-order valence-electron chi connectivity index (χ1n) is 6.16. The van der Waals surface area contributed by atoms with Crippen molar-refractivity contribution in [2.75, 3.05) is 20.1 Å². The Morgan fingerprint density at radius 3 is 2.73 bits per heavy atom. The van der Waals surface area contributed by atoms with Gasteiger partial charge in [-0.25, -0.2) is 0 Å². The summed E-state index contributed by atoms with van der Waals surface area (Å²) in [7, 11) is 1.90. The highest BCUT2D eigenvalue weighted by molar-refractivity contribution is 5.82. The van der Waals surface area contributed by atoms with Gasteiger partial charge in [0, 0.05) is 13.1 Å². The molecule has 2 aliphatic rings. The number of likely N-dealkylation sites (N-methyl/N-ethyl adjacent to an activating group) is 1. The van der Waals surface area contributed by atoms with E-state index in [9.17, 15) is 4.79 Å². The molecule has 15 heavy (non-hydrogen) atoms. The molecule has 0 aromatic heterocycles. The van der Waals surface area contributed by atoms with E-state index in [1.807, 2.05) is 7.05 Å². The van der Waals surface area contributed by atoms with E-state index < -0.39 is 0 Å². The summed E-state index contributed by atoms with van der Waals surface area (Å²) in [5, 5.41) is 3.16. The first-order valence-corrected chi connectivity index (χ1v) is 6.16. The molecular formula is C12H22N2O. The van der Waals surface area contributed by atoms with Gasteiger partial charge in [0.2, 0.25) is 5.91 Å². The summed E-state index contributed by atoms with van der Waals surface area (Å²) in [6.07, 6.45) is 4.81. The van der Waals surface area contributed by atoms with E-state index in [0.717, 1.165) is 31.8 Å². The molecule has 0 spiro atoms. The second-order valence-electron chi connectivity index (χ2n) is 5.20. The van der Waals surface area contributed by atoms with E-state index in [-0.39, 0.29) is 6.04 Å². The van der Waals surface area contributed by atoms with Crippen LogP contribution in [0.1, 0.15) is 32.6 Å². The van der Waals surface area contributed by atoms with Crippen LogP contribution >= 0.6 is 0 Å². The van der Waals surface area contributed by atoms with Crippen molar-refractivity contribution < 1.29 is 4.79 Å². The summed E-state index contributed by atoms with van der Waals surface area (Å²) in [5.74, 6) is 1.80. The third kappa shape index (κ3) is 2.71. The predicted octanol–water partition coefficient (Wildman–Crippen LogP) is 1.24. The molecule has 2 fully saturated rings. The maximum atomic E-state index is 12.1. The van der Waals surface area contributed by atoms with Crippen LogP contribution in [0.5, 0.6) is 0 Å². The molecule has 1 N–H and O–H groups in total. The van der Waals surface area contributed by atoms with Crippen molar-refractivity contribution in [3.63, 3.8) is 0 Å². The van der Waals surface area contributed by atoms with Gasteiger partial charge in [0.1, 0.15) is 0 Å². The lowest BCUT2D eigenvalue weighted by molar-refractivity contribution is -0.133. The molecule has 1 heterocycles. The maximum absolute atomic E-state index is 12.1. The van der Waals surface area contributed by atoms with E-state index in [2.05, 4.69) is 17.1 Å². The van der Waals surface area contributed by atoms with Crippen molar-refractivity contribution in [1.29, 1.82) is 0 Å². The van der Waals surface area contributed by atoms with Gasteiger partial charge in [-0.15, -0.1) is 0 Å². The van der Waals surface area contributed by atoms with E-state index in [4.69, 9.17) is 0 Å². The minimum atomic E-state index is 0.0567. The molecule has 2 atom stereocenters. The minimum Gasteiger partial charge on any atom is -0.341 e. The third-order valence-electron chi connectivity index (χ3n) is 3.66. The molecule has 1 saturated heterocycles. The van der Waals surface area contributed by atoms with Crippen molar-refractivity contribution in [1.82, 2.24) is 10.2 Å². The summed E-state index contributed by atoms with van der Waals surface area (Å²) >= 11 is 0. The van der Waals surface area contributed by atoms with Gasteiger partial charge in [-0.2, -0.15) is 0 Å². The Morgan fingerprint density at radius 1 is 1.40 bits per heavy atom. The van der Waals surface area contributed by atoms with Crippen molar-refractivity contribution in [2.24, 2.45) is 11.8 Å². The van der Waals surface area contributed by atoms with Crippen LogP contribution in [-0.4, -0.2) is 37.0 Å². The molecule has 0 radical (unpaired) electrons. The molecule has 1 aliphatic carbocycles. The van der Waals surface area contributed by atoms with Gasteiger partial charge in [0.15, 0.2) is 0 Å². The number of likely N-dealkylation sites (tertiary alicyclic amines) is 1. The van der Waals surface area contributed by atoms with Crippen LogP contribution in [0.2, 0.25) is 0 Å². The summed E-state index contributed by atoms with van der Waals surface area (Å²) in [5.41, 5.74) is 0. The standard InChI is InChI=1S/C12H22N2O/c1-9-5-6-14(8-10-3-4-10)12(15)11(7-9)13-2/h9-11,13H,3-8H2,1-2H3. The Kier molecular flexibility index (Phi) is 3.29. The van der Waals surface area contributed by atoms with Gasteiger partial charge in [-0.3, -0.25) is 4.79 Å². The Balaban J connectivity index is 1.98. The zero-order valence-electron chi connectivity index (χ0n) is 9.83.